The average molecular weight is 355 g/mol. The second kappa shape index (κ2) is 6.83. The van der Waals surface area contributed by atoms with Gasteiger partial charge in [0.1, 0.15) is 12.4 Å². The second-order valence-electron chi connectivity index (χ2n) is 5.44. The predicted octanol–water partition coefficient (Wildman–Crippen LogP) is 2.49. The van der Waals surface area contributed by atoms with E-state index < -0.39 is 0 Å². The highest BCUT2D eigenvalue weighted by atomic mass is 35.5. The molecule has 0 atom stereocenters. The van der Waals surface area contributed by atoms with E-state index in [1.165, 1.54) is 11.7 Å². The van der Waals surface area contributed by atoms with Crippen molar-refractivity contribution in [1.29, 1.82) is 0 Å². The molecular weight excluding hydrogens is 340 g/mol. The summed E-state index contributed by atoms with van der Waals surface area (Å²) in [5, 5.41) is 8.20. The Morgan fingerprint density at radius 1 is 1.28 bits per heavy atom. The van der Waals surface area contributed by atoms with Gasteiger partial charge in [-0.2, -0.15) is 9.36 Å². The third-order valence-corrected chi connectivity index (χ3v) is 4.01. The van der Waals surface area contributed by atoms with Gasteiger partial charge >= 0.3 is 5.69 Å². The summed E-state index contributed by atoms with van der Waals surface area (Å²) in [6, 6.07) is 10.7. The van der Waals surface area contributed by atoms with Gasteiger partial charge in [-0.15, -0.1) is 6.42 Å². The molecule has 2 aromatic carbocycles. The zero-order chi connectivity index (χ0) is 18.0. The van der Waals surface area contributed by atoms with Crippen LogP contribution in [0.1, 0.15) is 16.7 Å². The summed E-state index contributed by atoms with van der Waals surface area (Å²) in [6.45, 7) is 2.09. The molecule has 0 fully saturated rings. The Hall–Kier alpha value is -3.04. The molecule has 0 spiro atoms. The zero-order valence-corrected chi connectivity index (χ0v) is 14.5. The standard InChI is InChI=1S/C18H15ClN4O2/c1-4-13-6-5-7-16(23-18(24)22(3)20-21-23)15(13)11-25-17-10-14(19)9-8-12(17)2/h1,5-10H,11H2,2-3H3. The number of hydrogen-bond acceptors (Lipinski definition) is 4. The molecule has 0 bridgehead atoms. The quantitative estimate of drug-likeness (QED) is 0.675. The van der Waals surface area contributed by atoms with E-state index in [4.69, 9.17) is 22.8 Å². The summed E-state index contributed by atoms with van der Waals surface area (Å²) in [6.07, 6.45) is 5.61. The molecule has 0 radical (unpaired) electrons. The van der Waals surface area contributed by atoms with E-state index >= 15 is 0 Å². The lowest BCUT2D eigenvalue weighted by atomic mass is 10.1. The SMILES string of the molecule is C#Cc1cccc(-n2nnn(C)c2=O)c1COc1cc(Cl)ccc1C. The third-order valence-electron chi connectivity index (χ3n) is 3.78. The Balaban J connectivity index is 2.03. The van der Waals surface area contributed by atoms with Gasteiger partial charge in [0, 0.05) is 23.2 Å². The lowest BCUT2D eigenvalue weighted by Crippen LogP contribution is -2.23. The summed E-state index contributed by atoms with van der Waals surface area (Å²) in [4.78, 5) is 12.2. The molecule has 3 rings (SSSR count). The fraction of sp³-hybridized carbons (Fsp3) is 0.167. The second-order valence-corrected chi connectivity index (χ2v) is 5.88. The van der Waals surface area contributed by atoms with Gasteiger partial charge in [-0.25, -0.2) is 4.79 Å². The number of terminal acetylenes is 1. The molecular formula is C18H15ClN4O2. The predicted molar refractivity (Wildman–Crippen MR) is 95.1 cm³/mol. The number of aryl methyl sites for hydroxylation is 2. The summed E-state index contributed by atoms with van der Waals surface area (Å²) in [5.41, 5.74) is 2.41. The topological polar surface area (TPSA) is 61.9 Å². The first-order valence-corrected chi connectivity index (χ1v) is 7.86. The van der Waals surface area contributed by atoms with Gasteiger partial charge in [0.15, 0.2) is 0 Å². The van der Waals surface area contributed by atoms with Crippen molar-refractivity contribution in [2.75, 3.05) is 0 Å². The highest BCUT2D eigenvalue weighted by Gasteiger charge is 2.15. The maximum Gasteiger partial charge on any atom is 0.368 e. The van der Waals surface area contributed by atoms with Crippen LogP contribution in [0.5, 0.6) is 5.75 Å². The fourth-order valence-corrected chi connectivity index (χ4v) is 2.57. The molecule has 0 saturated heterocycles. The smallest absolute Gasteiger partial charge is 0.368 e. The zero-order valence-electron chi connectivity index (χ0n) is 13.7. The Morgan fingerprint density at radius 3 is 2.76 bits per heavy atom. The van der Waals surface area contributed by atoms with Crippen molar-refractivity contribution in [2.24, 2.45) is 7.05 Å². The molecule has 0 aliphatic carbocycles. The summed E-state index contributed by atoms with van der Waals surface area (Å²) >= 11 is 6.03. The number of benzene rings is 2. The molecule has 0 aliphatic rings. The number of ether oxygens (including phenoxy) is 1. The van der Waals surface area contributed by atoms with Gasteiger partial charge < -0.3 is 4.74 Å². The molecule has 0 saturated carbocycles. The van der Waals surface area contributed by atoms with Crippen LogP contribution in [-0.4, -0.2) is 19.8 Å². The van der Waals surface area contributed by atoms with E-state index in [1.807, 2.05) is 13.0 Å². The fourth-order valence-electron chi connectivity index (χ4n) is 2.40. The molecule has 6 nitrogen and oxygen atoms in total. The lowest BCUT2D eigenvalue weighted by molar-refractivity contribution is 0.303. The van der Waals surface area contributed by atoms with Crippen LogP contribution in [0.25, 0.3) is 5.69 Å². The first kappa shape index (κ1) is 16.8. The molecule has 3 aromatic rings. The minimum atomic E-state index is -0.366. The molecule has 1 aromatic heterocycles. The molecule has 0 unspecified atom stereocenters. The molecule has 1 heterocycles. The van der Waals surface area contributed by atoms with Crippen molar-refractivity contribution in [1.82, 2.24) is 19.8 Å². The van der Waals surface area contributed by atoms with E-state index in [-0.39, 0.29) is 12.3 Å². The van der Waals surface area contributed by atoms with Gasteiger partial charge in [0.05, 0.1) is 5.69 Å². The largest absolute Gasteiger partial charge is 0.488 e. The molecule has 0 N–H and O–H groups in total. The number of nitrogens with zero attached hydrogens (tertiary/aromatic N) is 4. The van der Waals surface area contributed by atoms with Crippen molar-refractivity contribution in [3.8, 4) is 23.8 Å². The number of aromatic nitrogens is 4. The maximum absolute atomic E-state index is 12.2. The average Bonchev–Trinajstić information content (AvgIpc) is 2.94. The van der Waals surface area contributed by atoms with Crippen LogP contribution in [0.15, 0.2) is 41.2 Å². The number of rotatable bonds is 4. The molecule has 25 heavy (non-hydrogen) atoms. The van der Waals surface area contributed by atoms with Crippen molar-refractivity contribution >= 4 is 11.6 Å². The Morgan fingerprint density at radius 2 is 2.08 bits per heavy atom. The molecule has 126 valence electrons. The first-order valence-electron chi connectivity index (χ1n) is 7.48. The van der Waals surface area contributed by atoms with E-state index in [2.05, 4.69) is 16.3 Å². The van der Waals surface area contributed by atoms with Crippen LogP contribution in [-0.2, 0) is 13.7 Å². The number of hydrogen-bond donors (Lipinski definition) is 0. The third kappa shape index (κ3) is 3.28. The minimum absolute atomic E-state index is 0.167. The first-order chi connectivity index (χ1) is 12.0. The van der Waals surface area contributed by atoms with Gasteiger partial charge in [0.25, 0.3) is 0 Å². The van der Waals surface area contributed by atoms with E-state index in [0.717, 1.165) is 10.2 Å². The van der Waals surface area contributed by atoms with Crippen LogP contribution >= 0.6 is 11.6 Å². The van der Waals surface area contributed by atoms with E-state index in [0.29, 0.717) is 27.6 Å². The molecule has 0 aliphatic heterocycles. The Kier molecular flexibility index (Phi) is 4.59. The summed E-state index contributed by atoms with van der Waals surface area (Å²) < 4.78 is 8.25. The Labute approximate surface area is 149 Å². The van der Waals surface area contributed by atoms with Crippen molar-refractivity contribution in [3.63, 3.8) is 0 Å². The van der Waals surface area contributed by atoms with Gasteiger partial charge in [-0.05, 0) is 47.2 Å². The van der Waals surface area contributed by atoms with Crippen LogP contribution in [0, 0.1) is 19.3 Å². The van der Waals surface area contributed by atoms with Crippen LogP contribution < -0.4 is 10.4 Å². The van der Waals surface area contributed by atoms with Crippen molar-refractivity contribution in [3.05, 3.63) is 68.6 Å². The van der Waals surface area contributed by atoms with Crippen molar-refractivity contribution in [2.45, 2.75) is 13.5 Å². The molecule has 0 amide bonds. The maximum atomic E-state index is 12.2. The normalized spacial score (nSPS) is 10.5. The highest BCUT2D eigenvalue weighted by molar-refractivity contribution is 6.30. The lowest BCUT2D eigenvalue weighted by Gasteiger charge is -2.14. The van der Waals surface area contributed by atoms with Crippen LogP contribution in [0.4, 0.5) is 0 Å². The van der Waals surface area contributed by atoms with E-state index in [9.17, 15) is 4.79 Å². The van der Waals surface area contributed by atoms with Crippen molar-refractivity contribution < 1.29 is 4.74 Å². The monoisotopic (exact) mass is 354 g/mol. The number of halogens is 1. The van der Waals surface area contributed by atoms with Gasteiger partial charge in [-0.3, -0.25) is 0 Å². The molecule has 7 heteroatoms. The summed E-state index contributed by atoms with van der Waals surface area (Å²) in [5.74, 6) is 3.27. The van der Waals surface area contributed by atoms with E-state index in [1.54, 1.807) is 30.3 Å². The summed E-state index contributed by atoms with van der Waals surface area (Å²) in [7, 11) is 1.53. The minimum Gasteiger partial charge on any atom is -0.488 e. The van der Waals surface area contributed by atoms with Crippen LogP contribution in [0.3, 0.4) is 0 Å². The van der Waals surface area contributed by atoms with Gasteiger partial charge in [0.2, 0.25) is 0 Å². The Bertz CT molecular complexity index is 1030. The van der Waals surface area contributed by atoms with Gasteiger partial charge in [-0.1, -0.05) is 29.7 Å². The van der Waals surface area contributed by atoms with Crippen LogP contribution in [0.2, 0.25) is 5.02 Å². The highest BCUT2D eigenvalue weighted by Crippen LogP contribution is 2.25. The number of tetrazole rings is 1.